The highest BCUT2D eigenvalue weighted by Gasteiger charge is 2.22. The smallest absolute Gasteiger partial charge is 0.109 e. The van der Waals surface area contributed by atoms with E-state index in [-0.39, 0.29) is 0 Å². The minimum atomic E-state index is -1.30. The van der Waals surface area contributed by atoms with Gasteiger partial charge in [0.2, 0.25) is 0 Å². The number of benzene rings is 1. The molecule has 12 heavy (non-hydrogen) atoms. The molecule has 0 aliphatic carbocycles. The Balaban J connectivity index is 2.82. The average molecular weight is 180 g/mol. The summed E-state index contributed by atoms with van der Waals surface area (Å²) in [6, 6.07) is 10.6. The van der Waals surface area contributed by atoms with Crippen LogP contribution in [0.15, 0.2) is 30.3 Å². The third-order valence-electron chi connectivity index (χ3n) is 2.06. The summed E-state index contributed by atoms with van der Waals surface area (Å²) in [6.07, 6.45) is 0.900. The molecule has 0 heterocycles. The Labute approximate surface area is 75.4 Å². The second-order valence-corrected chi connectivity index (χ2v) is 8.32. The van der Waals surface area contributed by atoms with E-state index in [1.807, 2.05) is 0 Å². The Bertz CT molecular complexity index is 231. The van der Waals surface area contributed by atoms with Crippen LogP contribution < -0.4 is 5.19 Å². The van der Waals surface area contributed by atoms with Gasteiger partial charge in [0.1, 0.15) is 8.07 Å². The minimum Gasteiger partial charge on any atom is -0.388 e. The van der Waals surface area contributed by atoms with Crippen LogP contribution in [0.1, 0.15) is 0 Å². The van der Waals surface area contributed by atoms with Gasteiger partial charge in [-0.05, 0) is 0 Å². The van der Waals surface area contributed by atoms with Crippen LogP contribution in [0.4, 0.5) is 0 Å². The molecule has 1 aromatic carbocycles. The predicted molar refractivity (Wildman–Crippen MR) is 55.4 cm³/mol. The third kappa shape index (κ3) is 2.19. The number of methoxy groups -OCH3 is 1. The van der Waals surface area contributed by atoms with E-state index in [1.54, 1.807) is 7.11 Å². The fourth-order valence-corrected chi connectivity index (χ4v) is 3.32. The standard InChI is InChI=1S/C10H16OSi/c1-11-9-12(2,3)10-7-5-4-6-8-10/h4-8H,9H2,1-3H3. The Hall–Kier alpha value is -0.603. The van der Waals surface area contributed by atoms with Gasteiger partial charge in [0.05, 0.1) is 0 Å². The Morgan fingerprint density at radius 3 is 2.25 bits per heavy atom. The van der Waals surface area contributed by atoms with Crippen molar-refractivity contribution in [2.75, 3.05) is 13.3 Å². The van der Waals surface area contributed by atoms with Crippen LogP contribution in [0.2, 0.25) is 13.1 Å². The van der Waals surface area contributed by atoms with E-state index in [0.717, 1.165) is 6.23 Å². The van der Waals surface area contributed by atoms with Crippen LogP contribution in [0, 0.1) is 0 Å². The first-order valence-electron chi connectivity index (χ1n) is 4.21. The lowest BCUT2D eigenvalue weighted by atomic mass is 10.4. The Morgan fingerprint density at radius 2 is 1.75 bits per heavy atom. The van der Waals surface area contributed by atoms with Gasteiger partial charge in [-0.2, -0.15) is 0 Å². The van der Waals surface area contributed by atoms with Crippen molar-refractivity contribution in [1.29, 1.82) is 0 Å². The zero-order valence-electron chi connectivity index (χ0n) is 8.00. The molecule has 0 aromatic heterocycles. The lowest BCUT2D eigenvalue weighted by Gasteiger charge is -2.21. The summed E-state index contributed by atoms with van der Waals surface area (Å²) in [7, 11) is 0.474. The molecular formula is C10H16OSi. The molecule has 0 N–H and O–H groups in total. The fraction of sp³-hybridized carbons (Fsp3) is 0.400. The van der Waals surface area contributed by atoms with Crippen LogP contribution in [-0.2, 0) is 4.74 Å². The van der Waals surface area contributed by atoms with Gasteiger partial charge >= 0.3 is 0 Å². The van der Waals surface area contributed by atoms with Crippen molar-refractivity contribution in [2.24, 2.45) is 0 Å². The molecule has 0 saturated heterocycles. The summed E-state index contributed by atoms with van der Waals surface area (Å²) in [5.41, 5.74) is 0. The van der Waals surface area contributed by atoms with Gasteiger partial charge < -0.3 is 4.74 Å². The van der Waals surface area contributed by atoms with Crippen LogP contribution in [0.5, 0.6) is 0 Å². The van der Waals surface area contributed by atoms with Crippen molar-refractivity contribution in [1.82, 2.24) is 0 Å². The maximum Gasteiger partial charge on any atom is 0.109 e. The molecule has 0 amide bonds. The Morgan fingerprint density at radius 1 is 1.17 bits per heavy atom. The second kappa shape index (κ2) is 3.87. The quantitative estimate of drug-likeness (QED) is 0.644. The molecule has 66 valence electrons. The zero-order valence-corrected chi connectivity index (χ0v) is 9.00. The topological polar surface area (TPSA) is 9.23 Å². The van der Waals surface area contributed by atoms with Gasteiger partial charge in [-0.15, -0.1) is 0 Å². The highest BCUT2D eigenvalue weighted by atomic mass is 28.3. The second-order valence-electron chi connectivity index (χ2n) is 3.68. The van der Waals surface area contributed by atoms with Gasteiger partial charge in [0.25, 0.3) is 0 Å². The van der Waals surface area contributed by atoms with Crippen molar-refractivity contribution >= 4 is 13.3 Å². The lowest BCUT2D eigenvalue weighted by molar-refractivity contribution is 0.247. The molecule has 0 aliphatic heterocycles. The molecule has 0 spiro atoms. The van der Waals surface area contributed by atoms with Crippen molar-refractivity contribution in [2.45, 2.75) is 13.1 Å². The molecule has 1 aromatic rings. The number of hydrogen-bond donors (Lipinski definition) is 0. The monoisotopic (exact) mass is 180 g/mol. The molecule has 0 bridgehead atoms. The van der Waals surface area contributed by atoms with Crippen molar-refractivity contribution in [3.05, 3.63) is 30.3 Å². The maximum atomic E-state index is 5.22. The summed E-state index contributed by atoms with van der Waals surface area (Å²) in [5, 5.41) is 1.46. The maximum absolute atomic E-state index is 5.22. The number of hydrogen-bond acceptors (Lipinski definition) is 1. The van der Waals surface area contributed by atoms with Crippen LogP contribution in [-0.4, -0.2) is 21.4 Å². The molecule has 0 aliphatic rings. The molecule has 1 nitrogen and oxygen atoms in total. The van der Waals surface area contributed by atoms with Gasteiger partial charge in [0.15, 0.2) is 0 Å². The summed E-state index contributed by atoms with van der Waals surface area (Å²) in [6.45, 7) is 4.65. The first-order chi connectivity index (χ1) is 5.67. The van der Waals surface area contributed by atoms with Crippen molar-refractivity contribution < 1.29 is 4.74 Å². The zero-order chi connectivity index (χ0) is 9.03. The van der Waals surface area contributed by atoms with Gasteiger partial charge in [-0.25, -0.2) is 0 Å². The molecule has 0 atom stereocenters. The first kappa shape index (κ1) is 9.48. The van der Waals surface area contributed by atoms with Crippen LogP contribution in [0.3, 0.4) is 0 Å². The molecule has 0 saturated carbocycles. The molecule has 0 radical (unpaired) electrons. The minimum absolute atomic E-state index is 0.900. The highest BCUT2D eigenvalue weighted by Crippen LogP contribution is 2.02. The third-order valence-corrected chi connectivity index (χ3v) is 4.97. The fourth-order valence-electron chi connectivity index (χ4n) is 1.33. The highest BCUT2D eigenvalue weighted by molar-refractivity contribution is 6.89. The normalized spacial score (nSPS) is 11.6. The largest absolute Gasteiger partial charge is 0.388 e. The Kier molecular flexibility index (Phi) is 3.06. The van der Waals surface area contributed by atoms with Crippen LogP contribution in [0.25, 0.3) is 0 Å². The molecule has 0 fully saturated rings. The van der Waals surface area contributed by atoms with Crippen LogP contribution >= 0.6 is 0 Å². The summed E-state index contributed by atoms with van der Waals surface area (Å²) in [5.74, 6) is 0. The van der Waals surface area contributed by atoms with E-state index in [0.29, 0.717) is 0 Å². The van der Waals surface area contributed by atoms with Gasteiger partial charge in [-0.3, -0.25) is 0 Å². The average Bonchev–Trinajstić information content (AvgIpc) is 2.06. The lowest BCUT2D eigenvalue weighted by Crippen LogP contribution is -2.45. The molecular weight excluding hydrogens is 164 g/mol. The van der Waals surface area contributed by atoms with E-state index in [1.165, 1.54) is 5.19 Å². The summed E-state index contributed by atoms with van der Waals surface area (Å²) >= 11 is 0. The van der Waals surface area contributed by atoms with E-state index < -0.39 is 8.07 Å². The molecule has 1 rings (SSSR count). The number of rotatable bonds is 3. The van der Waals surface area contributed by atoms with Crippen molar-refractivity contribution in [3.63, 3.8) is 0 Å². The van der Waals surface area contributed by atoms with E-state index in [4.69, 9.17) is 4.74 Å². The summed E-state index contributed by atoms with van der Waals surface area (Å²) < 4.78 is 5.22. The predicted octanol–water partition coefficient (Wildman–Crippen LogP) is 1.79. The van der Waals surface area contributed by atoms with Gasteiger partial charge in [-0.1, -0.05) is 48.6 Å². The van der Waals surface area contributed by atoms with E-state index >= 15 is 0 Å². The number of ether oxygens (including phenoxy) is 1. The van der Waals surface area contributed by atoms with E-state index in [9.17, 15) is 0 Å². The molecule has 0 unspecified atom stereocenters. The first-order valence-corrected chi connectivity index (χ1v) is 7.42. The molecule has 2 heteroatoms. The summed E-state index contributed by atoms with van der Waals surface area (Å²) in [4.78, 5) is 0. The van der Waals surface area contributed by atoms with E-state index in [2.05, 4.69) is 43.4 Å². The SMILES string of the molecule is COC[Si](C)(C)c1ccccc1. The van der Waals surface area contributed by atoms with Gasteiger partial charge in [0, 0.05) is 13.3 Å². The van der Waals surface area contributed by atoms with Crippen molar-refractivity contribution in [3.8, 4) is 0 Å².